The summed E-state index contributed by atoms with van der Waals surface area (Å²) < 4.78 is 6.30. The predicted molar refractivity (Wildman–Crippen MR) is 122 cm³/mol. The topological polar surface area (TPSA) is 67.4 Å². The molecule has 0 radical (unpaired) electrons. The maximum atomic E-state index is 12.9. The molecule has 2 fully saturated rings. The number of rotatable bonds is 4. The molecule has 3 aliphatic rings. The summed E-state index contributed by atoms with van der Waals surface area (Å²) >= 11 is 0. The Labute approximate surface area is 183 Å². The Morgan fingerprint density at radius 2 is 1.42 bits per heavy atom. The van der Waals surface area contributed by atoms with E-state index >= 15 is 0 Å². The molecule has 1 aliphatic heterocycles. The number of carbonyl (C=O) groups excluding carboxylic acids is 2. The van der Waals surface area contributed by atoms with E-state index in [-0.39, 0.29) is 23.7 Å². The molecule has 0 spiro atoms. The second kappa shape index (κ2) is 8.74. The van der Waals surface area contributed by atoms with Gasteiger partial charge in [-0.15, -0.1) is 0 Å². The van der Waals surface area contributed by atoms with Crippen LogP contribution in [0.2, 0.25) is 0 Å². The third-order valence-corrected chi connectivity index (χ3v) is 7.02. The molecule has 1 heterocycles. The number of anilines is 2. The molecule has 5 heteroatoms. The minimum Gasteiger partial charge on any atom is -0.457 e. The average Bonchev–Trinajstić information content (AvgIpc) is 3.46. The number of aryl methyl sites for hydroxylation is 1. The van der Waals surface area contributed by atoms with Gasteiger partial charge in [0.2, 0.25) is 11.8 Å². The largest absolute Gasteiger partial charge is 0.457 e. The fraction of sp³-hybridized carbons (Fsp3) is 0.462. The summed E-state index contributed by atoms with van der Waals surface area (Å²) in [5, 5.41) is 6.27. The molecule has 0 saturated heterocycles. The van der Waals surface area contributed by atoms with E-state index < -0.39 is 0 Å². The van der Waals surface area contributed by atoms with Crippen molar-refractivity contribution in [2.75, 3.05) is 10.6 Å². The second-order valence-electron chi connectivity index (χ2n) is 9.15. The van der Waals surface area contributed by atoms with Gasteiger partial charge in [-0.25, -0.2) is 0 Å². The Hall–Kier alpha value is -2.82. The van der Waals surface area contributed by atoms with Crippen LogP contribution in [0.5, 0.6) is 11.5 Å². The first-order chi connectivity index (χ1) is 15.2. The molecule has 31 heavy (non-hydrogen) atoms. The number of ether oxygens (including phenoxy) is 1. The molecular weight excluding hydrogens is 388 g/mol. The van der Waals surface area contributed by atoms with E-state index in [0.29, 0.717) is 5.69 Å². The van der Waals surface area contributed by atoms with Crippen molar-refractivity contribution in [3.05, 3.63) is 47.5 Å². The number of carbonyl (C=O) groups is 2. The van der Waals surface area contributed by atoms with Crippen LogP contribution < -0.4 is 15.4 Å². The predicted octanol–water partition coefficient (Wildman–Crippen LogP) is 5.83. The van der Waals surface area contributed by atoms with E-state index in [2.05, 4.69) is 16.7 Å². The van der Waals surface area contributed by atoms with Crippen molar-refractivity contribution < 1.29 is 14.3 Å². The van der Waals surface area contributed by atoms with Crippen molar-refractivity contribution in [3.63, 3.8) is 0 Å². The first-order valence-electron chi connectivity index (χ1n) is 11.7. The highest BCUT2D eigenvalue weighted by Gasteiger charge is 2.27. The lowest BCUT2D eigenvalue weighted by molar-refractivity contribution is -0.120. The zero-order valence-corrected chi connectivity index (χ0v) is 17.9. The number of benzene rings is 2. The van der Waals surface area contributed by atoms with Crippen LogP contribution in [0.3, 0.4) is 0 Å². The van der Waals surface area contributed by atoms with Crippen molar-refractivity contribution in [2.24, 2.45) is 11.8 Å². The molecule has 2 amide bonds. The maximum absolute atomic E-state index is 12.9. The summed E-state index contributed by atoms with van der Waals surface area (Å²) in [6.07, 6.45) is 9.90. The van der Waals surface area contributed by atoms with Crippen molar-refractivity contribution in [2.45, 2.75) is 64.2 Å². The van der Waals surface area contributed by atoms with E-state index in [1.54, 1.807) is 0 Å². The van der Waals surface area contributed by atoms with Crippen LogP contribution in [0.4, 0.5) is 11.4 Å². The van der Waals surface area contributed by atoms with Gasteiger partial charge >= 0.3 is 0 Å². The van der Waals surface area contributed by atoms with Crippen LogP contribution in [0.25, 0.3) is 0 Å². The minimum atomic E-state index is 0.0690. The zero-order chi connectivity index (χ0) is 21.2. The molecule has 162 valence electrons. The van der Waals surface area contributed by atoms with E-state index in [0.717, 1.165) is 92.5 Å². The Morgan fingerprint density at radius 1 is 0.774 bits per heavy atom. The summed E-state index contributed by atoms with van der Waals surface area (Å²) in [5.41, 5.74) is 3.62. The number of hydrogen-bond donors (Lipinski definition) is 2. The Morgan fingerprint density at radius 3 is 2.13 bits per heavy atom. The van der Waals surface area contributed by atoms with Gasteiger partial charge in [0.25, 0.3) is 0 Å². The lowest BCUT2D eigenvalue weighted by atomic mass is 10.0. The summed E-state index contributed by atoms with van der Waals surface area (Å²) in [7, 11) is 0. The number of nitrogens with one attached hydrogen (secondary N) is 2. The fourth-order valence-electron chi connectivity index (χ4n) is 5.22. The lowest BCUT2D eigenvalue weighted by Gasteiger charge is -2.19. The third kappa shape index (κ3) is 4.32. The SMILES string of the molecule is O=C(Nc1cc(NC(=O)C2CCCC2)c2c(c1)Oc1ccccc1CC2)C1CCCC1. The first-order valence-corrected chi connectivity index (χ1v) is 11.7. The number of fused-ring (bicyclic) bond motifs is 2. The standard InChI is InChI=1S/C26H30N2O3/c29-25(18-8-1-2-9-18)27-20-15-22(28-26(30)19-10-3-4-11-19)21-14-13-17-7-5-6-12-23(17)31-24(21)16-20/h5-7,12,15-16,18-19H,1-4,8-11,13-14H2,(H,27,29)(H,28,30). The fourth-order valence-corrected chi connectivity index (χ4v) is 5.22. The van der Waals surface area contributed by atoms with Gasteiger partial charge in [-0.2, -0.15) is 0 Å². The molecule has 5 rings (SSSR count). The molecule has 5 nitrogen and oxygen atoms in total. The van der Waals surface area contributed by atoms with Gasteiger partial charge in [0.1, 0.15) is 11.5 Å². The van der Waals surface area contributed by atoms with Gasteiger partial charge in [0.05, 0.1) is 0 Å². The zero-order valence-electron chi connectivity index (χ0n) is 17.9. The Bertz CT molecular complexity index is 988. The van der Waals surface area contributed by atoms with Crippen molar-refractivity contribution in [1.82, 2.24) is 0 Å². The molecule has 0 unspecified atom stereocenters. The molecule has 2 saturated carbocycles. The van der Waals surface area contributed by atoms with Gasteiger partial charge in [0, 0.05) is 34.8 Å². The quantitative estimate of drug-likeness (QED) is 0.656. The smallest absolute Gasteiger partial charge is 0.227 e. The molecule has 0 bridgehead atoms. The third-order valence-electron chi connectivity index (χ3n) is 7.02. The van der Waals surface area contributed by atoms with Crippen molar-refractivity contribution >= 4 is 23.2 Å². The van der Waals surface area contributed by atoms with Crippen LogP contribution in [0.1, 0.15) is 62.5 Å². The minimum absolute atomic E-state index is 0.0690. The highest BCUT2D eigenvalue weighted by molar-refractivity contribution is 5.97. The molecule has 2 aromatic carbocycles. The molecule has 0 aromatic heterocycles. The molecule has 2 N–H and O–H groups in total. The second-order valence-corrected chi connectivity index (χ2v) is 9.15. The highest BCUT2D eigenvalue weighted by Crippen LogP contribution is 2.40. The number of amides is 2. The van der Waals surface area contributed by atoms with Gasteiger partial charge < -0.3 is 15.4 Å². The average molecular weight is 419 g/mol. The highest BCUT2D eigenvalue weighted by atomic mass is 16.5. The summed E-state index contributed by atoms with van der Waals surface area (Å²) in [6, 6.07) is 11.9. The van der Waals surface area contributed by atoms with E-state index in [4.69, 9.17) is 4.74 Å². The van der Waals surface area contributed by atoms with Crippen molar-refractivity contribution in [3.8, 4) is 11.5 Å². The number of hydrogen-bond acceptors (Lipinski definition) is 3. The normalized spacial score (nSPS) is 18.6. The van der Waals surface area contributed by atoms with E-state index in [9.17, 15) is 9.59 Å². The molecule has 2 aliphatic carbocycles. The van der Waals surface area contributed by atoms with Crippen LogP contribution in [0.15, 0.2) is 36.4 Å². The lowest BCUT2D eigenvalue weighted by Crippen LogP contribution is -2.22. The van der Waals surface area contributed by atoms with E-state index in [1.165, 1.54) is 0 Å². The van der Waals surface area contributed by atoms with Gasteiger partial charge in [-0.05, 0) is 56.2 Å². The van der Waals surface area contributed by atoms with Gasteiger partial charge in [-0.1, -0.05) is 43.9 Å². The van der Waals surface area contributed by atoms with Gasteiger partial charge in [0.15, 0.2) is 0 Å². The maximum Gasteiger partial charge on any atom is 0.227 e. The Balaban J connectivity index is 1.46. The number of para-hydroxylation sites is 1. The van der Waals surface area contributed by atoms with Crippen LogP contribution in [-0.2, 0) is 22.4 Å². The summed E-state index contributed by atoms with van der Waals surface area (Å²) in [5.74, 6) is 1.87. The van der Waals surface area contributed by atoms with E-state index in [1.807, 2.05) is 30.3 Å². The monoisotopic (exact) mass is 418 g/mol. The van der Waals surface area contributed by atoms with Crippen molar-refractivity contribution in [1.29, 1.82) is 0 Å². The summed E-state index contributed by atoms with van der Waals surface area (Å²) in [4.78, 5) is 25.7. The Kier molecular flexibility index (Phi) is 5.66. The van der Waals surface area contributed by atoms with Gasteiger partial charge in [-0.3, -0.25) is 9.59 Å². The van der Waals surface area contributed by atoms with Crippen LogP contribution in [0, 0.1) is 11.8 Å². The molecule has 0 atom stereocenters. The summed E-state index contributed by atoms with van der Waals surface area (Å²) in [6.45, 7) is 0. The van der Waals surface area contributed by atoms with Crippen LogP contribution in [-0.4, -0.2) is 11.8 Å². The van der Waals surface area contributed by atoms with Crippen LogP contribution >= 0.6 is 0 Å². The first kappa shape index (κ1) is 20.1. The molecular formula is C26H30N2O3. The molecule has 2 aromatic rings.